The molecule has 0 amide bonds. The van der Waals surface area contributed by atoms with Gasteiger partial charge < -0.3 is 15.0 Å². The van der Waals surface area contributed by atoms with Crippen LogP contribution in [0.25, 0.3) is 10.9 Å². The van der Waals surface area contributed by atoms with Crippen molar-refractivity contribution in [2.45, 2.75) is 32.2 Å². The van der Waals surface area contributed by atoms with Crippen LogP contribution in [0.5, 0.6) is 0 Å². The molecule has 0 radical (unpaired) electrons. The number of carboxylic acids is 1. The second kappa shape index (κ2) is 6.50. The minimum atomic E-state index is -0.717. The van der Waals surface area contributed by atoms with Gasteiger partial charge in [0.15, 0.2) is 0 Å². The summed E-state index contributed by atoms with van der Waals surface area (Å²) in [5.74, 6) is -0.717. The number of piperidine rings is 1. The molecule has 0 unspecified atom stereocenters. The summed E-state index contributed by atoms with van der Waals surface area (Å²) >= 11 is 0. The molecule has 23 heavy (non-hydrogen) atoms. The van der Waals surface area contributed by atoms with Gasteiger partial charge in [-0.15, -0.1) is 0 Å². The summed E-state index contributed by atoms with van der Waals surface area (Å²) in [7, 11) is 0. The third kappa shape index (κ3) is 3.12. The zero-order valence-corrected chi connectivity index (χ0v) is 13.0. The molecule has 2 N–H and O–H groups in total. The van der Waals surface area contributed by atoms with E-state index in [0.717, 1.165) is 24.0 Å². The molecule has 1 saturated heterocycles. The van der Waals surface area contributed by atoms with Crippen molar-refractivity contribution in [2.24, 2.45) is 5.41 Å². The zero-order valence-electron chi connectivity index (χ0n) is 13.0. The van der Waals surface area contributed by atoms with Crippen LogP contribution < -0.4 is 10.9 Å². The van der Waals surface area contributed by atoms with Crippen LogP contribution in [0.1, 0.15) is 25.7 Å². The summed E-state index contributed by atoms with van der Waals surface area (Å²) in [5, 5.41) is 13.8. The lowest BCUT2D eigenvalue weighted by molar-refractivity contribution is -0.151. The van der Waals surface area contributed by atoms with E-state index in [1.54, 1.807) is 29.1 Å². The third-order valence-corrected chi connectivity index (χ3v) is 4.85. The van der Waals surface area contributed by atoms with Crippen molar-refractivity contribution in [3.8, 4) is 0 Å². The van der Waals surface area contributed by atoms with Gasteiger partial charge in [0.05, 0.1) is 17.1 Å². The van der Waals surface area contributed by atoms with E-state index >= 15 is 0 Å². The maximum atomic E-state index is 12.1. The minimum absolute atomic E-state index is 0.0693. The van der Waals surface area contributed by atoms with Crippen molar-refractivity contribution < 1.29 is 9.90 Å². The highest BCUT2D eigenvalue weighted by Crippen LogP contribution is 2.34. The lowest BCUT2D eigenvalue weighted by Gasteiger charge is -2.33. The van der Waals surface area contributed by atoms with E-state index in [0.29, 0.717) is 32.2 Å². The first-order chi connectivity index (χ1) is 11.1. The first-order valence-corrected chi connectivity index (χ1v) is 8.00. The maximum Gasteiger partial charge on any atom is 0.309 e. The van der Waals surface area contributed by atoms with Crippen LogP contribution in [0.4, 0.5) is 0 Å². The van der Waals surface area contributed by atoms with Crippen LogP contribution in [0.15, 0.2) is 35.4 Å². The monoisotopic (exact) mass is 315 g/mol. The highest BCUT2D eigenvalue weighted by Gasteiger charge is 2.38. The van der Waals surface area contributed by atoms with Gasteiger partial charge in [-0.2, -0.15) is 0 Å². The van der Waals surface area contributed by atoms with Gasteiger partial charge in [0.1, 0.15) is 0 Å². The van der Waals surface area contributed by atoms with Crippen molar-refractivity contribution in [3.63, 3.8) is 0 Å². The predicted octanol–water partition coefficient (Wildman–Crippen LogP) is 1.63. The molecule has 1 aliphatic heterocycles. The SMILES string of the molecule is O=C(O)C1(CCCn2c(=O)ccc3ccncc32)CCNCC1. The van der Waals surface area contributed by atoms with E-state index in [2.05, 4.69) is 10.3 Å². The van der Waals surface area contributed by atoms with Gasteiger partial charge in [-0.25, -0.2) is 0 Å². The number of hydrogen-bond acceptors (Lipinski definition) is 4. The molecule has 0 aliphatic carbocycles. The molecule has 1 aliphatic rings. The highest BCUT2D eigenvalue weighted by molar-refractivity contribution is 5.77. The smallest absolute Gasteiger partial charge is 0.309 e. The molecule has 6 nitrogen and oxygen atoms in total. The minimum Gasteiger partial charge on any atom is -0.481 e. The molecule has 0 bridgehead atoms. The summed E-state index contributed by atoms with van der Waals surface area (Å²) < 4.78 is 1.69. The molecular formula is C17H21N3O3. The predicted molar refractivity (Wildman–Crippen MR) is 87.4 cm³/mol. The van der Waals surface area contributed by atoms with Crippen molar-refractivity contribution >= 4 is 16.9 Å². The second-order valence-electron chi connectivity index (χ2n) is 6.20. The fourth-order valence-corrected chi connectivity index (χ4v) is 3.42. The Bertz CT molecular complexity index is 763. The zero-order chi connectivity index (χ0) is 16.3. The summed E-state index contributed by atoms with van der Waals surface area (Å²) in [5.41, 5.74) is 0.0763. The number of rotatable bonds is 5. The van der Waals surface area contributed by atoms with Crippen molar-refractivity contribution in [2.75, 3.05) is 13.1 Å². The topological polar surface area (TPSA) is 84.2 Å². The number of hydrogen-bond donors (Lipinski definition) is 2. The van der Waals surface area contributed by atoms with E-state index in [1.807, 2.05) is 6.07 Å². The molecule has 2 aromatic heterocycles. The molecule has 122 valence electrons. The van der Waals surface area contributed by atoms with Crippen molar-refractivity contribution in [1.29, 1.82) is 0 Å². The van der Waals surface area contributed by atoms with E-state index in [-0.39, 0.29) is 5.56 Å². The standard InChI is InChI=1S/C17H21N3O3/c21-15-3-2-13-4-8-19-12-14(13)20(15)11-1-5-17(16(22)23)6-9-18-10-7-17/h2-4,8,12,18H,1,5-7,9-11H2,(H,22,23). The average Bonchev–Trinajstić information content (AvgIpc) is 2.57. The highest BCUT2D eigenvalue weighted by atomic mass is 16.4. The van der Waals surface area contributed by atoms with Crippen molar-refractivity contribution in [1.82, 2.24) is 14.9 Å². The van der Waals surface area contributed by atoms with Crippen LogP contribution in [0, 0.1) is 5.41 Å². The summed E-state index contributed by atoms with van der Waals surface area (Å²) in [6.07, 6.45) is 5.94. The second-order valence-corrected chi connectivity index (χ2v) is 6.20. The normalized spacial score (nSPS) is 17.2. The number of carbonyl (C=O) groups is 1. The number of aromatic nitrogens is 2. The number of aliphatic carboxylic acids is 1. The Morgan fingerprint density at radius 3 is 2.83 bits per heavy atom. The summed E-state index contributed by atoms with van der Waals surface area (Å²) in [6, 6.07) is 5.22. The number of nitrogens with one attached hydrogen (secondary N) is 1. The number of aryl methyl sites for hydroxylation is 1. The molecule has 3 heterocycles. The quantitative estimate of drug-likeness (QED) is 0.876. The molecule has 1 fully saturated rings. The van der Waals surface area contributed by atoms with Gasteiger partial charge in [-0.3, -0.25) is 14.6 Å². The van der Waals surface area contributed by atoms with Gasteiger partial charge in [0.25, 0.3) is 5.56 Å². The molecule has 3 rings (SSSR count). The van der Waals surface area contributed by atoms with Crippen LogP contribution in [-0.4, -0.2) is 33.7 Å². The Labute approximate surface area is 134 Å². The number of fused-ring (bicyclic) bond motifs is 1. The van der Waals surface area contributed by atoms with Crippen LogP contribution >= 0.6 is 0 Å². The molecule has 0 spiro atoms. The molecular weight excluding hydrogens is 294 g/mol. The Balaban J connectivity index is 1.77. The van der Waals surface area contributed by atoms with E-state index in [9.17, 15) is 14.7 Å². The fourth-order valence-electron chi connectivity index (χ4n) is 3.42. The Hall–Kier alpha value is -2.21. The van der Waals surface area contributed by atoms with Crippen LogP contribution in [-0.2, 0) is 11.3 Å². The van der Waals surface area contributed by atoms with Crippen LogP contribution in [0.2, 0.25) is 0 Å². The van der Waals surface area contributed by atoms with E-state index in [1.165, 1.54) is 0 Å². The Morgan fingerprint density at radius 2 is 2.09 bits per heavy atom. The van der Waals surface area contributed by atoms with Crippen LogP contribution in [0.3, 0.4) is 0 Å². The van der Waals surface area contributed by atoms with Crippen molar-refractivity contribution in [3.05, 3.63) is 40.9 Å². The van der Waals surface area contributed by atoms with Gasteiger partial charge in [-0.1, -0.05) is 0 Å². The lowest BCUT2D eigenvalue weighted by atomic mass is 9.75. The summed E-state index contributed by atoms with van der Waals surface area (Å²) in [6.45, 7) is 2.00. The largest absolute Gasteiger partial charge is 0.481 e. The van der Waals surface area contributed by atoms with Gasteiger partial charge >= 0.3 is 5.97 Å². The molecule has 0 saturated carbocycles. The molecule has 0 atom stereocenters. The lowest BCUT2D eigenvalue weighted by Crippen LogP contribution is -2.42. The molecule has 2 aromatic rings. The van der Waals surface area contributed by atoms with E-state index in [4.69, 9.17) is 0 Å². The first-order valence-electron chi connectivity index (χ1n) is 8.00. The number of pyridine rings is 2. The maximum absolute atomic E-state index is 12.1. The van der Waals surface area contributed by atoms with Gasteiger partial charge in [0, 0.05) is 24.2 Å². The average molecular weight is 315 g/mol. The Morgan fingerprint density at radius 1 is 1.30 bits per heavy atom. The number of nitrogens with zero attached hydrogens (tertiary/aromatic N) is 2. The fraction of sp³-hybridized carbons (Fsp3) is 0.471. The van der Waals surface area contributed by atoms with E-state index < -0.39 is 11.4 Å². The Kier molecular flexibility index (Phi) is 4.43. The molecule has 6 heteroatoms. The number of carboxylic acid groups (broad SMARTS) is 1. The third-order valence-electron chi connectivity index (χ3n) is 4.85. The summed E-state index contributed by atoms with van der Waals surface area (Å²) in [4.78, 5) is 27.9. The van der Waals surface area contributed by atoms with Gasteiger partial charge in [-0.05, 0) is 50.9 Å². The van der Waals surface area contributed by atoms with Gasteiger partial charge in [0.2, 0.25) is 0 Å². The first kappa shape index (κ1) is 15.7. The molecule has 0 aromatic carbocycles.